The van der Waals surface area contributed by atoms with Crippen LogP contribution < -0.4 is 5.32 Å². The summed E-state index contributed by atoms with van der Waals surface area (Å²) in [4.78, 5) is 31.6. The Morgan fingerprint density at radius 2 is 1.69 bits per heavy atom. The summed E-state index contributed by atoms with van der Waals surface area (Å²) in [5, 5.41) is 3.09. The predicted molar refractivity (Wildman–Crippen MR) is 100 cm³/mol. The quantitative estimate of drug-likeness (QED) is 0.873. The Hall–Kier alpha value is -2.76. The second-order valence-corrected chi connectivity index (χ2v) is 6.94. The number of carbonyl (C=O) groups excluding carboxylic acids is 2. The lowest BCUT2D eigenvalue weighted by Crippen LogP contribution is -2.51. The minimum atomic E-state index is -0.0732. The van der Waals surface area contributed by atoms with Crippen molar-refractivity contribution in [2.45, 2.75) is 25.7 Å². The number of amides is 3. The van der Waals surface area contributed by atoms with Crippen LogP contribution in [0, 0.1) is 0 Å². The number of anilines is 1. The van der Waals surface area contributed by atoms with Crippen molar-refractivity contribution >= 4 is 17.6 Å². The number of benzene rings is 1. The Morgan fingerprint density at radius 3 is 2.46 bits per heavy atom. The van der Waals surface area contributed by atoms with Crippen molar-refractivity contribution < 1.29 is 9.59 Å². The summed E-state index contributed by atoms with van der Waals surface area (Å²) in [5.41, 5.74) is 4.18. The molecule has 6 heteroatoms. The minimum Gasteiger partial charge on any atom is -0.357 e. The van der Waals surface area contributed by atoms with E-state index in [0.717, 1.165) is 18.5 Å². The van der Waals surface area contributed by atoms with Crippen LogP contribution in [0.5, 0.6) is 0 Å². The van der Waals surface area contributed by atoms with Crippen molar-refractivity contribution in [2.75, 3.05) is 31.5 Å². The van der Waals surface area contributed by atoms with E-state index < -0.39 is 0 Å². The first kappa shape index (κ1) is 16.7. The molecule has 2 aliphatic rings. The Kier molecular flexibility index (Phi) is 4.65. The van der Waals surface area contributed by atoms with E-state index in [4.69, 9.17) is 0 Å². The molecule has 0 spiro atoms. The van der Waals surface area contributed by atoms with Crippen LogP contribution in [0.15, 0.2) is 36.5 Å². The Bertz CT molecular complexity index is 792. The molecule has 0 radical (unpaired) electrons. The number of aromatic amines is 1. The van der Waals surface area contributed by atoms with E-state index in [0.29, 0.717) is 31.9 Å². The molecule has 1 saturated heterocycles. The molecule has 2 aromatic rings. The molecule has 26 heavy (non-hydrogen) atoms. The first-order valence-electron chi connectivity index (χ1n) is 9.32. The lowest BCUT2D eigenvalue weighted by Gasteiger charge is -2.34. The fourth-order valence-electron chi connectivity index (χ4n) is 3.84. The second kappa shape index (κ2) is 7.23. The van der Waals surface area contributed by atoms with E-state index in [-0.39, 0.29) is 11.9 Å². The number of hydrogen-bond acceptors (Lipinski definition) is 2. The molecule has 1 aliphatic heterocycles. The first-order valence-corrected chi connectivity index (χ1v) is 9.32. The average molecular weight is 352 g/mol. The van der Waals surface area contributed by atoms with Gasteiger partial charge in [0.1, 0.15) is 5.69 Å². The molecule has 1 fully saturated rings. The zero-order valence-electron chi connectivity index (χ0n) is 14.8. The topological polar surface area (TPSA) is 68.4 Å². The van der Waals surface area contributed by atoms with Crippen molar-refractivity contribution in [3.05, 3.63) is 53.3 Å². The molecule has 0 unspecified atom stereocenters. The van der Waals surface area contributed by atoms with Crippen molar-refractivity contribution in [3.63, 3.8) is 0 Å². The van der Waals surface area contributed by atoms with Crippen molar-refractivity contribution in [2.24, 2.45) is 0 Å². The molecular weight excluding hydrogens is 328 g/mol. The Morgan fingerprint density at radius 1 is 0.923 bits per heavy atom. The minimum absolute atomic E-state index is 0.00723. The van der Waals surface area contributed by atoms with Crippen LogP contribution in [0.4, 0.5) is 10.5 Å². The Labute approximate surface area is 153 Å². The molecular formula is C20H24N4O2. The summed E-state index contributed by atoms with van der Waals surface area (Å²) in [6.45, 7) is 2.21. The molecule has 1 aromatic heterocycles. The fourth-order valence-corrected chi connectivity index (χ4v) is 3.84. The van der Waals surface area contributed by atoms with E-state index in [2.05, 4.69) is 16.4 Å². The summed E-state index contributed by atoms with van der Waals surface area (Å²) in [6.07, 6.45) is 6.28. The van der Waals surface area contributed by atoms with Gasteiger partial charge in [0.25, 0.3) is 5.91 Å². The van der Waals surface area contributed by atoms with Gasteiger partial charge in [-0.3, -0.25) is 4.79 Å². The normalized spacial score (nSPS) is 16.9. The van der Waals surface area contributed by atoms with E-state index in [1.54, 1.807) is 22.1 Å². The summed E-state index contributed by atoms with van der Waals surface area (Å²) < 4.78 is 0. The molecule has 6 nitrogen and oxygen atoms in total. The molecule has 1 aromatic carbocycles. The predicted octanol–water partition coefficient (Wildman–Crippen LogP) is 2.88. The third-order valence-corrected chi connectivity index (χ3v) is 5.32. The maximum absolute atomic E-state index is 12.7. The maximum atomic E-state index is 12.7. The molecule has 3 amide bonds. The number of piperazine rings is 1. The lowest BCUT2D eigenvalue weighted by atomic mass is 9.90. The number of nitrogens with one attached hydrogen (secondary N) is 2. The first-order chi connectivity index (χ1) is 12.7. The summed E-state index contributed by atoms with van der Waals surface area (Å²) >= 11 is 0. The van der Waals surface area contributed by atoms with Gasteiger partial charge >= 0.3 is 6.03 Å². The highest BCUT2D eigenvalue weighted by Crippen LogP contribution is 2.28. The van der Waals surface area contributed by atoms with Crippen LogP contribution in [0.2, 0.25) is 0 Å². The van der Waals surface area contributed by atoms with E-state index in [1.807, 2.05) is 18.2 Å². The van der Waals surface area contributed by atoms with Gasteiger partial charge in [-0.05, 0) is 55.0 Å². The molecule has 2 heterocycles. The van der Waals surface area contributed by atoms with Crippen LogP contribution in [0.25, 0.3) is 0 Å². The molecule has 4 rings (SSSR count). The number of aryl methyl sites for hydroxylation is 1. The third-order valence-electron chi connectivity index (χ3n) is 5.32. The highest BCUT2D eigenvalue weighted by Gasteiger charge is 2.26. The van der Waals surface area contributed by atoms with Gasteiger partial charge in [0.2, 0.25) is 0 Å². The highest BCUT2D eigenvalue weighted by atomic mass is 16.2. The number of urea groups is 1. The number of H-pyrrole nitrogens is 1. The smallest absolute Gasteiger partial charge is 0.321 e. The number of fused-ring (bicyclic) bond motifs is 1. The van der Waals surface area contributed by atoms with Gasteiger partial charge in [0.15, 0.2) is 0 Å². The number of aromatic nitrogens is 1. The van der Waals surface area contributed by atoms with Gasteiger partial charge in [-0.15, -0.1) is 0 Å². The standard InChI is InChI=1S/C20H24N4O2/c25-19(18-9-4-10-21-18)23-11-13-24(14-12-23)20(26)22-17-8-3-6-15-5-1-2-7-16(15)17/h3-4,6,8-10,21H,1-2,5,7,11-14H2,(H,22,26). The molecule has 2 N–H and O–H groups in total. The zero-order valence-corrected chi connectivity index (χ0v) is 14.8. The van der Waals surface area contributed by atoms with Crippen LogP contribution in [-0.4, -0.2) is 52.9 Å². The number of rotatable bonds is 2. The van der Waals surface area contributed by atoms with Crippen molar-refractivity contribution in [3.8, 4) is 0 Å². The van der Waals surface area contributed by atoms with Gasteiger partial charge in [-0.25, -0.2) is 4.79 Å². The second-order valence-electron chi connectivity index (χ2n) is 6.94. The molecule has 136 valence electrons. The SMILES string of the molecule is O=C(Nc1cccc2c1CCCC2)N1CCN(C(=O)c2ccc[nH]2)CC1. The van der Waals surface area contributed by atoms with Crippen molar-refractivity contribution in [1.29, 1.82) is 0 Å². The monoisotopic (exact) mass is 352 g/mol. The van der Waals surface area contributed by atoms with Crippen molar-refractivity contribution in [1.82, 2.24) is 14.8 Å². The van der Waals surface area contributed by atoms with Crippen LogP contribution in [-0.2, 0) is 12.8 Å². The van der Waals surface area contributed by atoms with E-state index >= 15 is 0 Å². The molecule has 0 atom stereocenters. The Balaban J connectivity index is 1.36. The van der Waals surface area contributed by atoms with Crippen LogP contribution in [0.1, 0.15) is 34.5 Å². The lowest BCUT2D eigenvalue weighted by molar-refractivity contribution is 0.0666. The largest absolute Gasteiger partial charge is 0.357 e. The number of nitrogens with zero attached hydrogens (tertiary/aromatic N) is 2. The number of carbonyl (C=O) groups is 2. The molecule has 1 aliphatic carbocycles. The summed E-state index contributed by atoms with van der Waals surface area (Å²) in [7, 11) is 0. The average Bonchev–Trinajstić information content (AvgIpc) is 3.23. The molecule has 0 saturated carbocycles. The molecule has 0 bridgehead atoms. The van der Waals surface area contributed by atoms with Gasteiger partial charge in [-0.1, -0.05) is 12.1 Å². The summed E-state index contributed by atoms with van der Waals surface area (Å²) in [5.74, 6) is -0.00723. The van der Waals surface area contributed by atoms with Gasteiger partial charge in [0.05, 0.1) is 0 Å². The van der Waals surface area contributed by atoms with Crippen LogP contribution in [0.3, 0.4) is 0 Å². The van der Waals surface area contributed by atoms with E-state index in [1.165, 1.54) is 24.0 Å². The van der Waals surface area contributed by atoms with E-state index in [9.17, 15) is 9.59 Å². The highest BCUT2D eigenvalue weighted by molar-refractivity contribution is 5.93. The van der Waals surface area contributed by atoms with Gasteiger partial charge in [-0.2, -0.15) is 0 Å². The maximum Gasteiger partial charge on any atom is 0.321 e. The van der Waals surface area contributed by atoms with Gasteiger partial charge in [0, 0.05) is 38.1 Å². The van der Waals surface area contributed by atoms with Gasteiger partial charge < -0.3 is 20.1 Å². The zero-order chi connectivity index (χ0) is 17.9. The third kappa shape index (κ3) is 3.31. The summed E-state index contributed by atoms with van der Waals surface area (Å²) in [6, 6.07) is 9.70. The fraction of sp³-hybridized carbons (Fsp3) is 0.400. The number of hydrogen-bond donors (Lipinski definition) is 2. The van der Waals surface area contributed by atoms with Crippen LogP contribution >= 0.6 is 0 Å².